The van der Waals surface area contributed by atoms with Crippen LogP contribution in [0.15, 0.2) is 18.3 Å². The molecule has 0 spiro atoms. The number of rotatable bonds is 1. The van der Waals surface area contributed by atoms with Crippen LogP contribution in [0.2, 0.25) is 0 Å². The summed E-state index contributed by atoms with van der Waals surface area (Å²) in [5, 5.41) is 9.42. The zero-order valence-corrected chi connectivity index (χ0v) is 11.8. The van der Waals surface area contributed by atoms with Gasteiger partial charge in [-0.1, -0.05) is 0 Å². The molecule has 5 nitrogen and oxygen atoms in total. The van der Waals surface area contributed by atoms with E-state index in [1.807, 2.05) is 39.1 Å². The standard InChI is InChI=1S/C14H22N2O3/c1-14(2,3)19-13(18)16-8-11(10-17)7-15-6-4-5-12(15)9-16/h4-6,11,17H,7-10H2,1-3H3/t11-/m0/s1. The molecule has 5 heteroatoms. The van der Waals surface area contributed by atoms with Gasteiger partial charge in [-0.05, 0) is 32.9 Å². The third-order valence-electron chi connectivity index (χ3n) is 3.12. The van der Waals surface area contributed by atoms with Crippen molar-refractivity contribution in [2.24, 2.45) is 5.92 Å². The molecule has 106 valence electrons. The van der Waals surface area contributed by atoms with E-state index in [1.54, 1.807) is 4.90 Å². The molecule has 1 atom stereocenters. The second-order valence-corrected chi connectivity index (χ2v) is 6.06. The maximum Gasteiger partial charge on any atom is 0.410 e. The van der Waals surface area contributed by atoms with Gasteiger partial charge in [0.05, 0.1) is 6.54 Å². The lowest BCUT2D eigenvalue weighted by Gasteiger charge is -2.27. The van der Waals surface area contributed by atoms with Crippen molar-refractivity contribution in [3.8, 4) is 0 Å². The lowest BCUT2D eigenvalue weighted by atomic mass is 10.1. The van der Waals surface area contributed by atoms with Crippen LogP contribution in [0.1, 0.15) is 26.5 Å². The number of hydrogen-bond donors (Lipinski definition) is 1. The Bertz CT molecular complexity index is 448. The zero-order valence-electron chi connectivity index (χ0n) is 11.8. The number of carbonyl (C=O) groups excluding carboxylic acids is 1. The van der Waals surface area contributed by atoms with Gasteiger partial charge in [0, 0.05) is 37.5 Å². The number of carbonyl (C=O) groups is 1. The largest absolute Gasteiger partial charge is 0.444 e. The average Bonchev–Trinajstić information content (AvgIpc) is 2.64. The van der Waals surface area contributed by atoms with Gasteiger partial charge in [0.25, 0.3) is 0 Å². The highest BCUT2D eigenvalue weighted by Gasteiger charge is 2.27. The molecule has 0 saturated carbocycles. The molecular formula is C14H22N2O3. The minimum atomic E-state index is -0.500. The highest BCUT2D eigenvalue weighted by atomic mass is 16.6. The molecule has 0 saturated heterocycles. The average molecular weight is 266 g/mol. The molecule has 1 aromatic heterocycles. The van der Waals surface area contributed by atoms with Crippen molar-refractivity contribution in [1.82, 2.24) is 9.47 Å². The summed E-state index contributed by atoms with van der Waals surface area (Å²) in [6, 6.07) is 3.96. The van der Waals surface area contributed by atoms with Gasteiger partial charge in [-0.25, -0.2) is 4.79 Å². The van der Waals surface area contributed by atoms with E-state index < -0.39 is 5.60 Å². The number of ether oxygens (including phenoxy) is 1. The second kappa shape index (κ2) is 5.25. The Balaban J connectivity index is 2.15. The van der Waals surface area contributed by atoms with Gasteiger partial charge in [-0.15, -0.1) is 0 Å². The Morgan fingerprint density at radius 3 is 2.84 bits per heavy atom. The van der Waals surface area contributed by atoms with Crippen molar-refractivity contribution in [2.75, 3.05) is 13.2 Å². The van der Waals surface area contributed by atoms with Crippen molar-refractivity contribution < 1.29 is 14.6 Å². The van der Waals surface area contributed by atoms with Crippen molar-refractivity contribution in [3.63, 3.8) is 0 Å². The monoisotopic (exact) mass is 266 g/mol. The number of amides is 1. The highest BCUT2D eigenvalue weighted by molar-refractivity contribution is 5.68. The van der Waals surface area contributed by atoms with Crippen LogP contribution in [0, 0.1) is 5.92 Å². The molecule has 0 unspecified atom stereocenters. The predicted molar refractivity (Wildman–Crippen MR) is 71.7 cm³/mol. The summed E-state index contributed by atoms with van der Waals surface area (Å²) in [4.78, 5) is 13.8. The number of aromatic nitrogens is 1. The number of aliphatic hydroxyl groups excluding tert-OH is 1. The molecule has 0 aromatic carbocycles. The number of fused-ring (bicyclic) bond motifs is 1. The van der Waals surface area contributed by atoms with Crippen molar-refractivity contribution in [3.05, 3.63) is 24.0 Å². The van der Waals surface area contributed by atoms with E-state index in [-0.39, 0.29) is 18.6 Å². The Kier molecular flexibility index (Phi) is 3.85. The Morgan fingerprint density at radius 2 is 2.21 bits per heavy atom. The molecule has 0 aliphatic carbocycles. The first-order valence-corrected chi connectivity index (χ1v) is 6.62. The fourth-order valence-electron chi connectivity index (χ4n) is 2.26. The zero-order chi connectivity index (χ0) is 14.0. The normalized spacial score (nSPS) is 19.8. The second-order valence-electron chi connectivity index (χ2n) is 6.06. The van der Waals surface area contributed by atoms with Gasteiger partial charge >= 0.3 is 6.09 Å². The van der Waals surface area contributed by atoms with E-state index in [0.29, 0.717) is 13.1 Å². The van der Waals surface area contributed by atoms with Gasteiger partial charge in [0.1, 0.15) is 5.60 Å². The summed E-state index contributed by atoms with van der Waals surface area (Å²) in [5.74, 6) is 0.0427. The number of hydrogen-bond acceptors (Lipinski definition) is 3. The maximum atomic E-state index is 12.2. The van der Waals surface area contributed by atoms with Crippen LogP contribution in [0.25, 0.3) is 0 Å². The van der Waals surface area contributed by atoms with Crippen molar-refractivity contribution in [1.29, 1.82) is 0 Å². The summed E-state index contributed by atoms with van der Waals surface area (Å²) in [5.41, 5.74) is 0.571. The van der Waals surface area contributed by atoms with E-state index in [4.69, 9.17) is 4.74 Å². The van der Waals surface area contributed by atoms with Crippen LogP contribution in [-0.2, 0) is 17.8 Å². The first-order valence-electron chi connectivity index (χ1n) is 6.62. The summed E-state index contributed by atoms with van der Waals surface area (Å²) < 4.78 is 7.50. The molecular weight excluding hydrogens is 244 g/mol. The molecule has 1 aliphatic rings. The van der Waals surface area contributed by atoms with Gasteiger partial charge < -0.3 is 19.3 Å². The van der Waals surface area contributed by atoms with Crippen LogP contribution < -0.4 is 0 Å². The first kappa shape index (κ1) is 13.9. The van der Waals surface area contributed by atoms with Crippen molar-refractivity contribution >= 4 is 6.09 Å². The Labute approximate surface area is 113 Å². The molecule has 0 fully saturated rings. The molecule has 1 amide bonds. The van der Waals surface area contributed by atoms with Gasteiger partial charge in [0.2, 0.25) is 0 Å². The summed E-state index contributed by atoms with van der Waals surface area (Å²) in [6.07, 6.45) is 1.66. The topological polar surface area (TPSA) is 54.7 Å². The van der Waals surface area contributed by atoms with Gasteiger partial charge in [-0.2, -0.15) is 0 Å². The SMILES string of the molecule is CC(C)(C)OC(=O)N1Cc2cccn2C[C@H](CO)C1. The molecule has 1 aromatic rings. The fourth-order valence-corrected chi connectivity index (χ4v) is 2.26. The highest BCUT2D eigenvalue weighted by Crippen LogP contribution is 2.19. The van der Waals surface area contributed by atoms with E-state index in [0.717, 1.165) is 12.2 Å². The fraction of sp³-hybridized carbons (Fsp3) is 0.643. The summed E-state index contributed by atoms with van der Waals surface area (Å²) >= 11 is 0. The summed E-state index contributed by atoms with van der Waals surface area (Å²) in [6.45, 7) is 7.42. The third-order valence-corrected chi connectivity index (χ3v) is 3.12. The predicted octanol–water partition coefficient (Wildman–Crippen LogP) is 1.85. The molecule has 1 aliphatic heterocycles. The van der Waals surface area contributed by atoms with E-state index in [1.165, 1.54) is 0 Å². The molecule has 1 N–H and O–H groups in total. The van der Waals surface area contributed by atoms with Crippen LogP contribution in [0.3, 0.4) is 0 Å². The van der Waals surface area contributed by atoms with Crippen molar-refractivity contribution in [2.45, 2.75) is 39.5 Å². The molecule has 2 rings (SSSR count). The lowest BCUT2D eigenvalue weighted by Crippen LogP contribution is -2.39. The van der Waals surface area contributed by atoms with E-state index in [2.05, 4.69) is 4.57 Å². The van der Waals surface area contributed by atoms with Crippen LogP contribution in [-0.4, -0.2) is 39.4 Å². The van der Waals surface area contributed by atoms with Crippen LogP contribution in [0.4, 0.5) is 4.79 Å². The third kappa shape index (κ3) is 3.50. The number of aliphatic hydroxyl groups is 1. The van der Waals surface area contributed by atoms with E-state index in [9.17, 15) is 9.90 Å². The Hall–Kier alpha value is -1.49. The lowest BCUT2D eigenvalue weighted by molar-refractivity contribution is 0.0192. The van der Waals surface area contributed by atoms with Crippen LogP contribution in [0.5, 0.6) is 0 Å². The molecule has 0 bridgehead atoms. The number of nitrogens with zero attached hydrogens (tertiary/aromatic N) is 2. The Morgan fingerprint density at radius 1 is 1.47 bits per heavy atom. The maximum absolute atomic E-state index is 12.2. The molecule has 2 heterocycles. The molecule has 19 heavy (non-hydrogen) atoms. The molecule has 0 radical (unpaired) electrons. The van der Waals surface area contributed by atoms with E-state index >= 15 is 0 Å². The smallest absolute Gasteiger partial charge is 0.410 e. The van der Waals surface area contributed by atoms with Gasteiger partial charge in [0.15, 0.2) is 0 Å². The minimum Gasteiger partial charge on any atom is -0.444 e. The quantitative estimate of drug-likeness (QED) is 0.844. The first-order chi connectivity index (χ1) is 8.89. The summed E-state index contributed by atoms with van der Waals surface area (Å²) in [7, 11) is 0. The minimum absolute atomic E-state index is 0.0427. The van der Waals surface area contributed by atoms with Crippen LogP contribution >= 0.6 is 0 Å². The van der Waals surface area contributed by atoms with Gasteiger partial charge in [-0.3, -0.25) is 0 Å².